The fraction of sp³-hybridized carbons (Fsp3) is 0.250. The molecule has 1 heterocycles. The fourth-order valence-electron chi connectivity index (χ4n) is 1.53. The molecule has 8 heteroatoms. The molecule has 1 aromatic rings. The van der Waals surface area contributed by atoms with Crippen LogP contribution in [0, 0.1) is 0 Å². The molecule has 0 aromatic heterocycles. The van der Waals surface area contributed by atoms with Crippen LogP contribution in [0.1, 0.15) is 0 Å². The molecule has 0 amide bonds. The van der Waals surface area contributed by atoms with Gasteiger partial charge in [0, 0.05) is 4.47 Å². The molecule has 0 radical (unpaired) electrons. The molecule has 1 aromatic carbocycles. The summed E-state index contributed by atoms with van der Waals surface area (Å²) in [5.74, 6) is -1.45. The molecule has 7 nitrogen and oxygen atoms in total. The van der Waals surface area contributed by atoms with Gasteiger partial charge in [0.1, 0.15) is 6.10 Å². The maximum atomic E-state index is 11.5. The Kier molecular flexibility index (Phi) is 4.48. The van der Waals surface area contributed by atoms with Gasteiger partial charge in [-0.3, -0.25) is 0 Å². The summed E-state index contributed by atoms with van der Waals surface area (Å²) in [6.07, 6.45) is -2.72. The standard InChI is InChI=1S/C12H11BrN2O5/c13-6-1-3-7(4-2-6)14-15-9-10(18)11(8(17)5-16)20-12(9)19/h1-4,8,11,16-18H,5H2/t8-,11?/m0/s1. The Bertz CT molecular complexity index is 570. The fourth-order valence-corrected chi connectivity index (χ4v) is 1.79. The van der Waals surface area contributed by atoms with Crippen LogP contribution < -0.4 is 0 Å². The van der Waals surface area contributed by atoms with Crippen molar-refractivity contribution < 1.29 is 24.9 Å². The zero-order chi connectivity index (χ0) is 14.7. The smallest absolute Gasteiger partial charge is 0.363 e. The summed E-state index contributed by atoms with van der Waals surface area (Å²) in [4.78, 5) is 11.5. The number of halogens is 1. The molecule has 2 atom stereocenters. The summed E-state index contributed by atoms with van der Waals surface area (Å²) >= 11 is 3.27. The summed E-state index contributed by atoms with van der Waals surface area (Å²) in [5.41, 5.74) is 0.0953. The lowest BCUT2D eigenvalue weighted by Gasteiger charge is -2.14. The summed E-state index contributed by atoms with van der Waals surface area (Å²) in [5, 5.41) is 35.3. The van der Waals surface area contributed by atoms with Crippen LogP contribution in [0.25, 0.3) is 0 Å². The summed E-state index contributed by atoms with van der Waals surface area (Å²) in [7, 11) is 0. The lowest BCUT2D eigenvalue weighted by Crippen LogP contribution is -2.31. The molecule has 2 rings (SSSR count). The van der Waals surface area contributed by atoms with Crippen molar-refractivity contribution in [3.8, 4) is 0 Å². The van der Waals surface area contributed by atoms with E-state index in [4.69, 9.17) is 9.84 Å². The SMILES string of the molecule is O=C1OC([C@@H](O)CO)C(O)=C1N=Nc1ccc(Br)cc1. The molecule has 1 unspecified atom stereocenters. The van der Waals surface area contributed by atoms with Crippen molar-refractivity contribution in [1.82, 2.24) is 0 Å². The van der Waals surface area contributed by atoms with Crippen molar-refractivity contribution in [3.63, 3.8) is 0 Å². The molecule has 0 fully saturated rings. The minimum atomic E-state index is -1.40. The number of hydrogen-bond acceptors (Lipinski definition) is 7. The van der Waals surface area contributed by atoms with E-state index in [-0.39, 0.29) is 5.70 Å². The minimum absolute atomic E-state index is 0.384. The van der Waals surface area contributed by atoms with Crippen molar-refractivity contribution in [1.29, 1.82) is 0 Å². The lowest BCUT2D eigenvalue weighted by molar-refractivity contribution is -0.145. The molecule has 0 aliphatic carbocycles. The second-order valence-corrected chi connectivity index (χ2v) is 4.90. The first kappa shape index (κ1) is 14.6. The number of azo groups is 1. The second kappa shape index (κ2) is 6.12. The average Bonchev–Trinajstić information content (AvgIpc) is 2.73. The molecule has 1 aliphatic rings. The first-order valence-electron chi connectivity index (χ1n) is 5.63. The number of hydrogen-bond donors (Lipinski definition) is 3. The zero-order valence-corrected chi connectivity index (χ0v) is 11.7. The first-order chi connectivity index (χ1) is 9.52. The number of aliphatic hydroxyl groups is 3. The Morgan fingerprint density at radius 2 is 1.95 bits per heavy atom. The van der Waals surface area contributed by atoms with Gasteiger partial charge < -0.3 is 20.1 Å². The van der Waals surface area contributed by atoms with Crippen LogP contribution in [-0.2, 0) is 9.53 Å². The molecule has 0 bridgehead atoms. The quantitative estimate of drug-likeness (QED) is 0.568. The Morgan fingerprint density at radius 1 is 1.30 bits per heavy atom. The molecular formula is C12H11BrN2O5. The number of esters is 1. The summed E-state index contributed by atoms with van der Waals surface area (Å²) in [6, 6.07) is 6.80. The normalized spacial score (nSPS) is 20.6. The van der Waals surface area contributed by atoms with E-state index in [9.17, 15) is 15.0 Å². The van der Waals surface area contributed by atoms with E-state index in [0.717, 1.165) is 4.47 Å². The second-order valence-electron chi connectivity index (χ2n) is 3.99. The van der Waals surface area contributed by atoms with Gasteiger partial charge in [-0.05, 0) is 24.3 Å². The highest BCUT2D eigenvalue weighted by molar-refractivity contribution is 9.10. The zero-order valence-electron chi connectivity index (χ0n) is 10.1. The number of carbonyl (C=O) groups excluding carboxylic acids is 1. The predicted molar refractivity (Wildman–Crippen MR) is 71.3 cm³/mol. The molecule has 0 spiro atoms. The predicted octanol–water partition coefficient (Wildman–Crippen LogP) is 1.58. The average molecular weight is 343 g/mol. The summed E-state index contributed by atoms with van der Waals surface area (Å²) in [6.45, 7) is -0.654. The van der Waals surface area contributed by atoms with Crippen LogP contribution in [0.15, 0.2) is 50.4 Å². The maximum Gasteiger partial charge on any atom is 0.363 e. The highest BCUT2D eigenvalue weighted by Crippen LogP contribution is 2.26. The number of ether oxygens (including phenoxy) is 1. The number of rotatable bonds is 4. The van der Waals surface area contributed by atoms with Crippen molar-refractivity contribution in [2.45, 2.75) is 12.2 Å². The van der Waals surface area contributed by atoms with E-state index in [1.165, 1.54) is 0 Å². The lowest BCUT2D eigenvalue weighted by atomic mass is 10.2. The van der Waals surface area contributed by atoms with Gasteiger partial charge in [0.05, 0.1) is 12.3 Å². The molecular weight excluding hydrogens is 332 g/mol. The number of nitrogens with zero attached hydrogens (tertiary/aromatic N) is 2. The number of cyclic esters (lactones) is 1. The highest BCUT2D eigenvalue weighted by atomic mass is 79.9. The highest BCUT2D eigenvalue weighted by Gasteiger charge is 2.39. The van der Waals surface area contributed by atoms with Gasteiger partial charge in [0.15, 0.2) is 11.9 Å². The van der Waals surface area contributed by atoms with Gasteiger partial charge in [0.2, 0.25) is 5.70 Å². The van der Waals surface area contributed by atoms with Crippen LogP contribution >= 0.6 is 15.9 Å². The third-order valence-electron chi connectivity index (χ3n) is 2.57. The van der Waals surface area contributed by atoms with E-state index < -0.39 is 30.5 Å². The Morgan fingerprint density at radius 3 is 2.55 bits per heavy atom. The Hall–Kier alpha value is -1.77. The van der Waals surface area contributed by atoms with Crippen molar-refractivity contribution in [2.24, 2.45) is 10.2 Å². The van der Waals surface area contributed by atoms with Crippen LogP contribution in [-0.4, -0.2) is 40.1 Å². The molecule has 106 valence electrons. The third-order valence-corrected chi connectivity index (χ3v) is 3.10. The Balaban J connectivity index is 2.21. The molecule has 1 aliphatic heterocycles. The minimum Gasteiger partial charge on any atom is -0.506 e. The maximum absolute atomic E-state index is 11.5. The first-order valence-corrected chi connectivity index (χ1v) is 6.42. The van der Waals surface area contributed by atoms with Crippen LogP contribution in [0.3, 0.4) is 0 Å². The monoisotopic (exact) mass is 342 g/mol. The van der Waals surface area contributed by atoms with Crippen molar-refractivity contribution in [2.75, 3.05) is 6.61 Å². The Labute approximate surface area is 122 Å². The van der Waals surface area contributed by atoms with Crippen LogP contribution in [0.4, 0.5) is 5.69 Å². The van der Waals surface area contributed by atoms with Gasteiger partial charge in [-0.15, -0.1) is 5.11 Å². The number of carbonyl (C=O) groups is 1. The van der Waals surface area contributed by atoms with Crippen LogP contribution in [0.5, 0.6) is 0 Å². The van der Waals surface area contributed by atoms with Crippen LogP contribution in [0.2, 0.25) is 0 Å². The molecule has 20 heavy (non-hydrogen) atoms. The van der Waals surface area contributed by atoms with Gasteiger partial charge in [0.25, 0.3) is 0 Å². The molecule has 0 saturated carbocycles. The summed E-state index contributed by atoms with van der Waals surface area (Å²) < 4.78 is 5.58. The van der Waals surface area contributed by atoms with Gasteiger partial charge >= 0.3 is 5.97 Å². The number of aliphatic hydroxyl groups excluding tert-OH is 3. The van der Waals surface area contributed by atoms with Crippen molar-refractivity contribution in [3.05, 3.63) is 40.2 Å². The van der Waals surface area contributed by atoms with E-state index >= 15 is 0 Å². The largest absolute Gasteiger partial charge is 0.506 e. The van der Waals surface area contributed by atoms with Crippen molar-refractivity contribution >= 4 is 27.6 Å². The van der Waals surface area contributed by atoms with E-state index in [0.29, 0.717) is 5.69 Å². The topological polar surface area (TPSA) is 112 Å². The molecule has 0 saturated heterocycles. The van der Waals surface area contributed by atoms with Gasteiger partial charge in [-0.2, -0.15) is 5.11 Å². The van der Waals surface area contributed by atoms with E-state index in [1.807, 2.05) is 0 Å². The van der Waals surface area contributed by atoms with Gasteiger partial charge in [-0.1, -0.05) is 15.9 Å². The number of benzene rings is 1. The molecule has 3 N–H and O–H groups in total. The van der Waals surface area contributed by atoms with Gasteiger partial charge in [-0.25, -0.2) is 4.79 Å². The third kappa shape index (κ3) is 3.03. The van der Waals surface area contributed by atoms with E-state index in [2.05, 4.69) is 26.2 Å². The van der Waals surface area contributed by atoms with E-state index in [1.54, 1.807) is 24.3 Å².